The maximum Gasteiger partial charge on any atom is 0.264 e. The minimum absolute atomic E-state index is 0.0218. The van der Waals surface area contributed by atoms with E-state index in [1.54, 1.807) is 6.07 Å². The Hall–Kier alpha value is -2.20. The van der Waals surface area contributed by atoms with E-state index in [2.05, 4.69) is 19.4 Å². The Morgan fingerprint density at radius 3 is 2.17 bits per heavy atom. The predicted molar refractivity (Wildman–Crippen MR) is 91.6 cm³/mol. The van der Waals surface area contributed by atoms with Crippen LogP contribution in [0, 0.1) is 0 Å². The number of unbranched alkanes of at least 4 members (excludes halogenated alkanes) is 1. The molecule has 1 aromatic heterocycles. The molecule has 2 N–H and O–H groups in total. The number of benzene rings is 1. The van der Waals surface area contributed by atoms with E-state index in [1.165, 1.54) is 36.7 Å². The maximum atomic E-state index is 12.2. The first-order chi connectivity index (χ1) is 11.3. The highest BCUT2D eigenvalue weighted by molar-refractivity contribution is 7.93. The molecular formula is C14H18N4O4S2. The third kappa shape index (κ3) is 5.17. The van der Waals surface area contributed by atoms with Gasteiger partial charge in [0, 0.05) is 18.1 Å². The second-order valence-electron chi connectivity index (χ2n) is 4.98. The molecule has 0 aliphatic rings. The molecule has 0 bridgehead atoms. The molecule has 0 aliphatic carbocycles. The molecule has 0 amide bonds. The molecular weight excluding hydrogens is 352 g/mol. The largest absolute Gasteiger partial charge is 0.284 e. The number of aromatic nitrogens is 2. The van der Waals surface area contributed by atoms with Crippen molar-refractivity contribution in [3.63, 3.8) is 0 Å². The first-order valence-electron chi connectivity index (χ1n) is 7.23. The summed E-state index contributed by atoms with van der Waals surface area (Å²) in [7, 11) is -7.27. The SMILES string of the molecule is CCCCS(=O)(=O)Nc1ccc(S(=O)(=O)Nc2ncccn2)cc1. The number of hydrogen-bond acceptors (Lipinski definition) is 6. The zero-order valence-corrected chi connectivity index (χ0v) is 14.6. The van der Waals surface area contributed by atoms with E-state index in [-0.39, 0.29) is 16.6 Å². The maximum absolute atomic E-state index is 12.2. The van der Waals surface area contributed by atoms with Gasteiger partial charge in [0.25, 0.3) is 10.0 Å². The number of nitrogens with one attached hydrogen (secondary N) is 2. The Labute approximate surface area is 141 Å². The van der Waals surface area contributed by atoms with Gasteiger partial charge in [0.15, 0.2) is 0 Å². The fourth-order valence-electron chi connectivity index (χ4n) is 1.80. The van der Waals surface area contributed by atoms with Crippen LogP contribution in [0.15, 0.2) is 47.6 Å². The lowest BCUT2D eigenvalue weighted by atomic mass is 10.3. The van der Waals surface area contributed by atoms with Gasteiger partial charge in [-0.2, -0.15) is 0 Å². The molecule has 0 aliphatic heterocycles. The quantitative estimate of drug-likeness (QED) is 0.732. The summed E-state index contributed by atoms with van der Waals surface area (Å²) >= 11 is 0. The fraction of sp³-hybridized carbons (Fsp3) is 0.286. The van der Waals surface area contributed by atoms with Gasteiger partial charge in [-0.3, -0.25) is 4.72 Å². The molecule has 130 valence electrons. The highest BCUT2D eigenvalue weighted by atomic mass is 32.2. The molecule has 2 rings (SSSR count). The van der Waals surface area contributed by atoms with Gasteiger partial charge in [0.2, 0.25) is 16.0 Å². The summed E-state index contributed by atoms with van der Waals surface area (Å²) in [6.45, 7) is 1.90. The van der Waals surface area contributed by atoms with Gasteiger partial charge in [0.05, 0.1) is 10.6 Å². The predicted octanol–water partition coefficient (Wildman–Crippen LogP) is 1.82. The zero-order valence-electron chi connectivity index (χ0n) is 13.0. The van der Waals surface area contributed by atoms with E-state index in [0.29, 0.717) is 12.1 Å². The van der Waals surface area contributed by atoms with Crippen molar-refractivity contribution in [2.75, 3.05) is 15.2 Å². The lowest BCUT2D eigenvalue weighted by Crippen LogP contribution is -2.17. The van der Waals surface area contributed by atoms with Crippen LogP contribution in [0.2, 0.25) is 0 Å². The van der Waals surface area contributed by atoms with Crippen LogP contribution < -0.4 is 9.44 Å². The Bertz CT molecular complexity index is 867. The molecule has 0 spiro atoms. The summed E-state index contributed by atoms with van der Waals surface area (Å²) < 4.78 is 52.7. The highest BCUT2D eigenvalue weighted by Crippen LogP contribution is 2.17. The van der Waals surface area contributed by atoms with Crippen molar-refractivity contribution in [1.82, 2.24) is 9.97 Å². The van der Waals surface area contributed by atoms with Crippen molar-refractivity contribution in [3.8, 4) is 0 Å². The lowest BCUT2D eigenvalue weighted by Gasteiger charge is -2.09. The molecule has 8 nitrogen and oxygen atoms in total. The van der Waals surface area contributed by atoms with E-state index in [4.69, 9.17) is 0 Å². The number of sulfonamides is 2. The molecule has 0 saturated heterocycles. The van der Waals surface area contributed by atoms with Crippen LogP contribution >= 0.6 is 0 Å². The van der Waals surface area contributed by atoms with Crippen molar-refractivity contribution in [2.24, 2.45) is 0 Å². The van der Waals surface area contributed by atoms with Crippen molar-refractivity contribution >= 4 is 31.7 Å². The van der Waals surface area contributed by atoms with Crippen molar-refractivity contribution in [2.45, 2.75) is 24.7 Å². The Morgan fingerprint density at radius 1 is 0.958 bits per heavy atom. The monoisotopic (exact) mass is 370 g/mol. The minimum Gasteiger partial charge on any atom is -0.284 e. The second-order valence-corrected chi connectivity index (χ2v) is 8.50. The average molecular weight is 370 g/mol. The second kappa shape index (κ2) is 7.58. The molecule has 0 fully saturated rings. The van der Waals surface area contributed by atoms with Crippen LogP contribution in [0.3, 0.4) is 0 Å². The van der Waals surface area contributed by atoms with Gasteiger partial charge in [-0.15, -0.1) is 0 Å². The third-order valence-corrected chi connectivity index (χ3v) is 5.71. The summed E-state index contributed by atoms with van der Waals surface area (Å²) in [5.74, 6) is -0.0157. The average Bonchev–Trinajstić information content (AvgIpc) is 2.54. The Balaban J connectivity index is 2.11. The number of anilines is 2. The van der Waals surface area contributed by atoms with Gasteiger partial charge in [-0.05, 0) is 36.8 Å². The fourth-order valence-corrected chi connectivity index (χ4v) is 4.02. The molecule has 2 aromatic rings. The minimum atomic E-state index is -3.84. The highest BCUT2D eigenvalue weighted by Gasteiger charge is 2.16. The van der Waals surface area contributed by atoms with E-state index >= 15 is 0 Å². The molecule has 10 heteroatoms. The summed E-state index contributed by atoms with van der Waals surface area (Å²) in [5, 5.41) is 0. The standard InChI is InChI=1S/C14H18N4O4S2/c1-2-3-11-23(19,20)17-12-5-7-13(8-6-12)24(21,22)18-14-15-9-4-10-16-14/h4-10,17H,2-3,11H2,1H3,(H,15,16,18). The summed E-state index contributed by atoms with van der Waals surface area (Å²) in [6.07, 6.45) is 4.16. The van der Waals surface area contributed by atoms with Gasteiger partial charge < -0.3 is 0 Å². The number of hydrogen-bond donors (Lipinski definition) is 2. The van der Waals surface area contributed by atoms with Crippen LogP contribution in [-0.2, 0) is 20.0 Å². The van der Waals surface area contributed by atoms with Crippen molar-refractivity contribution < 1.29 is 16.8 Å². The van der Waals surface area contributed by atoms with Crippen molar-refractivity contribution in [1.29, 1.82) is 0 Å². The first-order valence-corrected chi connectivity index (χ1v) is 10.4. The number of nitrogens with zero attached hydrogens (tertiary/aromatic N) is 2. The van der Waals surface area contributed by atoms with Crippen LogP contribution in [0.5, 0.6) is 0 Å². The molecule has 24 heavy (non-hydrogen) atoms. The van der Waals surface area contributed by atoms with Crippen LogP contribution in [-0.4, -0.2) is 32.6 Å². The zero-order chi connectivity index (χ0) is 17.6. The van der Waals surface area contributed by atoms with Crippen molar-refractivity contribution in [3.05, 3.63) is 42.7 Å². The molecule has 1 heterocycles. The van der Waals surface area contributed by atoms with E-state index in [1.807, 2.05) is 6.92 Å². The lowest BCUT2D eigenvalue weighted by molar-refractivity contribution is 0.597. The van der Waals surface area contributed by atoms with E-state index < -0.39 is 20.0 Å². The molecule has 0 unspecified atom stereocenters. The Morgan fingerprint density at radius 2 is 1.58 bits per heavy atom. The molecule has 0 atom stereocenters. The third-order valence-electron chi connectivity index (χ3n) is 3.00. The summed E-state index contributed by atoms with van der Waals surface area (Å²) in [4.78, 5) is 7.56. The molecule has 0 saturated carbocycles. The van der Waals surface area contributed by atoms with Gasteiger partial charge in [0.1, 0.15) is 0 Å². The van der Waals surface area contributed by atoms with Crippen LogP contribution in [0.1, 0.15) is 19.8 Å². The molecule has 1 aromatic carbocycles. The van der Waals surface area contributed by atoms with Gasteiger partial charge >= 0.3 is 0 Å². The Kier molecular flexibility index (Phi) is 5.73. The summed E-state index contributed by atoms with van der Waals surface area (Å²) in [6, 6.07) is 6.97. The van der Waals surface area contributed by atoms with Crippen LogP contribution in [0.25, 0.3) is 0 Å². The van der Waals surface area contributed by atoms with Gasteiger partial charge in [-0.25, -0.2) is 31.5 Å². The van der Waals surface area contributed by atoms with Crippen LogP contribution in [0.4, 0.5) is 11.6 Å². The number of rotatable bonds is 8. The van der Waals surface area contributed by atoms with Gasteiger partial charge in [-0.1, -0.05) is 13.3 Å². The first kappa shape index (κ1) is 18.1. The normalized spacial score (nSPS) is 11.9. The topological polar surface area (TPSA) is 118 Å². The van der Waals surface area contributed by atoms with E-state index in [0.717, 1.165) is 6.42 Å². The molecule has 0 radical (unpaired) electrons. The van der Waals surface area contributed by atoms with E-state index in [9.17, 15) is 16.8 Å². The smallest absolute Gasteiger partial charge is 0.264 e. The summed E-state index contributed by atoms with van der Waals surface area (Å²) in [5.41, 5.74) is 0.306.